The number of carboxylic acid groups (broad SMARTS) is 1. The van der Waals surface area contributed by atoms with Gasteiger partial charge in [0, 0.05) is 28.4 Å². The number of ether oxygens (including phenoxy) is 1. The van der Waals surface area contributed by atoms with Crippen LogP contribution >= 0.6 is 0 Å². The monoisotopic (exact) mass is 417 g/mol. The number of aromatic nitrogens is 1. The minimum absolute atomic E-state index is 0.146. The van der Waals surface area contributed by atoms with E-state index in [2.05, 4.69) is 5.32 Å². The summed E-state index contributed by atoms with van der Waals surface area (Å²) in [4.78, 5) is 35.4. The number of para-hydroxylation sites is 1. The second kappa shape index (κ2) is 9.41. The van der Waals surface area contributed by atoms with Crippen molar-refractivity contribution in [1.29, 1.82) is 5.26 Å². The zero-order valence-corrected chi connectivity index (χ0v) is 16.7. The second-order valence-electron chi connectivity index (χ2n) is 6.54. The Morgan fingerprint density at radius 3 is 2.52 bits per heavy atom. The summed E-state index contributed by atoms with van der Waals surface area (Å²) in [6.45, 7) is 1.73. The Morgan fingerprint density at radius 2 is 1.87 bits per heavy atom. The van der Waals surface area contributed by atoms with Crippen LogP contribution in [-0.4, -0.2) is 34.1 Å². The Bertz CT molecular complexity index is 1220. The number of nitriles is 1. The van der Waals surface area contributed by atoms with E-state index in [-0.39, 0.29) is 18.7 Å². The molecule has 8 heteroatoms. The summed E-state index contributed by atoms with van der Waals surface area (Å²) in [5.41, 5.74) is 1.85. The van der Waals surface area contributed by atoms with Crippen molar-refractivity contribution < 1.29 is 24.2 Å². The quantitative estimate of drug-likeness (QED) is 0.345. The van der Waals surface area contributed by atoms with Crippen LogP contribution in [0.2, 0.25) is 0 Å². The Kier molecular flexibility index (Phi) is 6.48. The molecule has 1 aromatic heterocycles. The first-order valence-electron chi connectivity index (χ1n) is 9.43. The topological polar surface area (TPSA) is 121 Å². The molecule has 0 saturated heterocycles. The molecule has 31 heavy (non-hydrogen) atoms. The number of anilines is 1. The molecule has 0 bridgehead atoms. The summed E-state index contributed by atoms with van der Waals surface area (Å²) < 4.78 is 6.46. The maximum Gasteiger partial charge on any atom is 0.338 e. The number of nitrogens with zero attached hydrogens (tertiary/aromatic N) is 2. The molecule has 3 rings (SSSR count). The largest absolute Gasteiger partial charge is 0.480 e. The van der Waals surface area contributed by atoms with Gasteiger partial charge in [-0.25, -0.2) is 4.79 Å². The first-order valence-corrected chi connectivity index (χ1v) is 9.43. The smallest absolute Gasteiger partial charge is 0.338 e. The number of amides is 1. The van der Waals surface area contributed by atoms with E-state index in [0.717, 1.165) is 5.39 Å². The maximum absolute atomic E-state index is 12.6. The lowest BCUT2D eigenvalue weighted by Crippen LogP contribution is -2.13. The van der Waals surface area contributed by atoms with Crippen LogP contribution in [0.3, 0.4) is 0 Å². The summed E-state index contributed by atoms with van der Waals surface area (Å²) in [5.74, 6) is -2.09. The summed E-state index contributed by atoms with van der Waals surface area (Å²) >= 11 is 0. The van der Waals surface area contributed by atoms with Gasteiger partial charge in [0.25, 0.3) is 5.91 Å². The number of carboxylic acids is 1. The van der Waals surface area contributed by atoms with E-state index in [0.29, 0.717) is 22.3 Å². The van der Waals surface area contributed by atoms with Crippen molar-refractivity contribution in [2.45, 2.75) is 13.5 Å². The fourth-order valence-electron chi connectivity index (χ4n) is 3.07. The Morgan fingerprint density at radius 1 is 1.16 bits per heavy atom. The van der Waals surface area contributed by atoms with Gasteiger partial charge in [0.1, 0.15) is 18.2 Å². The van der Waals surface area contributed by atoms with Crippen molar-refractivity contribution in [3.63, 3.8) is 0 Å². The minimum atomic E-state index is -0.999. The second-order valence-corrected chi connectivity index (χ2v) is 6.54. The highest BCUT2D eigenvalue weighted by Crippen LogP contribution is 2.24. The first-order chi connectivity index (χ1) is 14.9. The van der Waals surface area contributed by atoms with E-state index in [9.17, 15) is 19.6 Å². The molecule has 3 aromatic rings. The van der Waals surface area contributed by atoms with Gasteiger partial charge in [-0.05, 0) is 43.3 Å². The molecule has 1 amide bonds. The lowest BCUT2D eigenvalue weighted by atomic mass is 10.1. The SMILES string of the molecule is CCOC(=O)c1ccc(NC(=O)C(C#N)=Cc2cn(CC(=O)O)c3ccccc23)cc1. The zero-order valence-electron chi connectivity index (χ0n) is 16.7. The zero-order chi connectivity index (χ0) is 22.4. The van der Waals surface area contributed by atoms with Gasteiger partial charge in [0.2, 0.25) is 0 Å². The van der Waals surface area contributed by atoms with Crippen LogP contribution in [0.5, 0.6) is 0 Å². The number of carbonyl (C=O) groups is 3. The molecule has 0 spiro atoms. The number of hydrogen-bond acceptors (Lipinski definition) is 5. The van der Waals surface area contributed by atoms with Crippen LogP contribution in [0.25, 0.3) is 17.0 Å². The van der Waals surface area contributed by atoms with Crippen LogP contribution in [0.4, 0.5) is 5.69 Å². The van der Waals surface area contributed by atoms with Crippen molar-refractivity contribution in [2.24, 2.45) is 0 Å². The van der Waals surface area contributed by atoms with Gasteiger partial charge in [-0.1, -0.05) is 18.2 Å². The molecule has 2 N–H and O–H groups in total. The van der Waals surface area contributed by atoms with Crippen LogP contribution < -0.4 is 5.32 Å². The van der Waals surface area contributed by atoms with Gasteiger partial charge in [-0.3, -0.25) is 9.59 Å². The molecule has 0 radical (unpaired) electrons. The van der Waals surface area contributed by atoms with Gasteiger partial charge in [0.05, 0.1) is 12.2 Å². The summed E-state index contributed by atoms with van der Waals surface area (Å²) in [6.07, 6.45) is 3.01. The van der Waals surface area contributed by atoms with Crippen LogP contribution in [0, 0.1) is 11.3 Å². The van der Waals surface area contributed by atoms with Crippen LogP contribution in [-0.2, 0) is 20.9 Å². The molecule has 156 valence electrons. The number of carbonyl (C=O) groups excluding carboxylic acids is 2. The van der Waals surface area contributed by atoms with Gasteiger partial charge in [-0.15, -0.1) is 0 Å². The van der Waals surface area contributed by atoms with Crippen molar-refractivity contribution in [2.75, 3.05) is 11.9 Å². The third-order valence-electron chi connectivity index (χ3n) is 4.44. The number of nitrogens with one attached hydrogen (secondary N) is 1. The molecule has 8 nitrogen and oxygen atoms in total. The Labute approximate surface area is 178 Å². The number of benzene rings is 2. The van der Waals surface area contributed by atoms with Crippen molar-refractivity contribution >= 4 is 40.5 Å². The van der Waals surface area contributed by atoms with Gasteiger partial charge in [0.15, 0.2) is 0 Å². The third-order valence-corrected chi connectivity index (χ3v) is 4.44. The average molecular weight is 417 g/mol. The number of aliphatic carboxylic acids is 1. The van der Waals surface area contributed by atoms with E-state index in [1.807, 2.05) is 6.07 Å². The van der Waals surface area contributed by atoms with E-state index in [4.69, 9.17) is 9.84 Å². The van der Waals surface area contributed by atoms with E-state index >= 15 is 0 Å². The van der Waals surface area contributed by atoms with E-state index < -0.39 is 17.8 Å². The van der Waals surface area contributed by atoms with Crippen molar-refractivity contribution in [1.82, 2.24) is 4.57 Å². The molecule has 0 saturated carbocycles. The van der Waals surface area contributed by atoms with Gasteiger partial charge in [-0.2, -0.15) is 5.26 Å². The number of rotatable bonds is 7. The molecule has 0 aliphatic rings. The predicted molar refractivity (Wildman–Crippen MR) is 114 cm³/mol. The van der Waals surface area contributed by atoms with Crippen molar-refractivity contribution in [3.8, 4) is 6.07 Å². The van der Waals surface area contributed by atoms with E-state index in [1.54, 1.807) is 42.0 Å². The van der Waals surface area contributed by atoms with Gasteiger partial charge >= 0.3 is 11.9 Å². The number of esters is 1. The highest BCUT2D eigenvalue weighted by molar-refractivity contribution is 6.11. The lowest BCUT2D eigenvalue weighted by Gasteiger charge is -2.06. The normalized spacial score (nSPS) is 11.0. The summed E-state index contributed by atoms with van der Waals surface area (Å²) in [7, 11) is 0. The molecule has 0 aliphatic heterocycles. The Hall–Kier alpha value is -4.38. The number of fused-ring (bicyclic) bond motifs is 1. The molecule has 0 aliphatic carbocycles. The molecule has 2 aromatic carbocycles. The molecule has 0 unspecified atom stereocenters. The van der Waals surface area contributed by atoms with Crippen molar-refractivity contribution in [3.05, 3.63) is 71.4 Å². The summed E-state index contributed by atoms with van der Waals surface area (Å²) in [5, 5.41) is 22.0. The lowest BCUT2D eigenvalue weighted by molar-refractivity contribution is -0.137. The van der Waals surface area contributed by atoms with Crippen LogP contribution in [0.1, 0.15) is 22.8 Å². The highest BCUT2D eigenvalue weighted by Gasteiger charge is 2.14. The predicted octanol–water partition coefficient (Wildman–Crippen LogP) is 3.45. The fourth-order valence-corrected chi connectivity index (χ4v) is 3.07. The van der Waals surface area contributed by atoms with Crippen LogP contribution in [0.15, 0.2) is 60.3 Å². The standard InChI is InChI=1S/C23H19N3O5/c1-2-31-23(30)15-7-9-18(10-8-15)25-22(29)16(12-24)11-17-13-26(14-21(27)28)20-6-4-3-5-19(17)20/h3-11,13H,2,14H2,1H3,(H,25,29)(H,27,28). The van der Waals surface area contributed by atoms with Gasteiger partial charge < -0.3 is 19.7 Å². The molecular weight excluding hydrogens is 398 g/mol. The molecule has 1 heterocycles. The molecule has 0 atom stereocenters. The first kappa shape index (κ1) is 21.3. The van der Waals surface area contributed by atoms with E-state index in [1.165, 1.54) is 30.3 Å². The number of hydrogen-bond donors (Lipinski definition) is 2. The average Bonchev–Trinajstić information content (AvgIpc) is 3.09. The minimum Gasteiger partial charge on any atom is -0.480 e. The maximum atomic E-state index is 12.6. The highest BCUT2D eigenvalue weighted by atomic mass is 16.5. The molecule has 0 fully saturated rings. The fraction of sp³-hybridized carbons (Fsp3) is 0.130. The summed E-state index contributed by atoms with van der Waals surface area (Å²) in [6, 6.07) is 15.1. The molecular formula is C23H19N3O5. The third kappa shape index (κ3) is 4.97. The Balaban J connectivity index is 1.85.